The lowest BCUT2D eigenvalue weighted by Gasteiger charge is -2.11. The summed E-state index contributed by atoms with van der Waals surface area (Å²) in [5, 5.41) is 8.64. The molecule has 11 rings (SSSR count). The highest BCUT2D eigenvalue weighted by molar-refractivity contribution is 6.20. The standard InChI is InChI=1S/C29H26.C19H18.C17H16N2/c1-20-3-7-22(8-4-20)24-11-13-26(17-24)28-15-16-29(19-28)27-14-12-25(18-27)23-9-5-21(2)6-10-23;1-14-3-7-16(8-4-14)18-11-12-19(13-18)17-9-5-15(2)6-10-17;1-12-3-7-14(8-4-12)16-11-17(19-18-16)15-9-5-13(2)6-10-15/h3-16H,17-19H2,1-2H3;3-12H,13H2,1-2H3;3-10H,11H2,1-2H3. The second kappa shape index (κ2) is 20.4. The molecule has 0 spiro atoms. The molecular formula is C65H60N2. The van der Waals surface area contributed by atoms with Gasteiger partial charge in [0.25, 0.3) is 0 Å². The molecule has 330 valence electrons. The van der Waals surface area contributed by atoms with E-state index in [4.69, 9.17) is 0 Å². The van der Waals surface area contributed by atoms with Crippen molar-refractivity contribution in [1.29, 1.82) is 0 Å². The first kappa shape index (κ1) is 44.8. The average Bonchev–Trinajstić information content (AvgIpc) is 4.22. The maximum Gasteiger partial charge on any atom is 0.0763 e. The first-order chi connectivity index (χ1) is 32.6. The Labute approximate surface area is 399 Å². The molecule has 0 fully saturated rings. The lowest BCUT2D eigenvalue weighted by molar-refractivity contribution is 1.11. The molecule has 0 saturated heterocycles. The first-order valence-electron chi connectivity index (χ1n) is 23.8. The van der Waals surface area contributed by atoms with E-state index in [1.54, 1.807) is 0 Å². The summed E-state index contributed by atoms with van der Waals surface area (Å²) in [4.78, 5) is 0. The second-order valence-electron chi connectivity index (χ2n) is 18.7. The molecule has 5 aliphatic rings. The van der Waals surface area contributed by atoms with Gasteiger partial charge in [-0.15, -0.1) is 0 Å². The van der Waals surface area contributed by atoms with E-state index in [9.17, 15) is 0 Å². The maximum atomic E-state index is 4.32. The van der Waals surface area contributed by atoms with Crippen molar-refractivity contribution in [1.82, 2.24) is 0 Å². The molecule has 6 aromatic rings. The fraction of sp³-hybridized carbons (Fsp3) is 0.169. The zero-order valence-electron chi connectivity index (χ0n) is 39.9. The van der Waals surface area contributed by atoms with Gasteiger partial charge in [-0.25, -0.2) is 0 Å². The van der Waals surface area contributed by atoms with Crippen LogP contribution in [0.3, 0.4) is 0 Å². The van der Waals surface area contributed by atoms with Crippen LogP contribution in [0, 0.1) is 41.5 Å². The predicted octanol–water partition coefficient (Wildman–Crippen LogP) is 16.8. The second-order valence-corrected chi connectivity index (χ2v) is 18.7. The van der Waals surface area contributed by atoms with E-state index in [0.717, 1.165) is 54.7 Å². The number of allylic oxidation sites excluding steroid dienone is 16. The third-order valence-electron chi connectivity index (χ3n) is 13.4. The van der Waals surface area contributed by atoms with Crippen LogP contribution in [-0.2, 0) is 0 Å². The maximum absolute atomic E-state index is 4.32. The van der Waals surface area contributed by atoms with Crippen LogP contribution < -0.4 is 0 Å². The van der Waals surface area contributed by atoms with Gasteiger partial charge in [0.15, 0.2) is 0 Å². The Morgan fingerprint density at radius 2 is 0.388 bits per heavy atom. The van der Waals surface area contributed by atoms with Crippen LogP contribution in [0.5, 0.6) is 0 Å². The monoisotopic (exact) mass is 868 g/mol. The van der Waals surface area contributed by atoms with Crippen molar-refractivity contribution < 1.29 is 0 Å². The molecule has 0 unspecified atom stereocenters. The van der Waals surface area contributed by atoms with Crippen LogP contribution in [0.1, 0.15) is 98.9 Å². The summed E-state index contributed by atoms with van der Waals surface area (Å²) in [6.45, 7) is 12.7. The van der Waals surface area contributed by atoms with E-state index in [-0.39, 0.29) is 0 Å². The Balaban J connectivity index is 0.000000131. The molecule has 6 aromatic carbocycles. The van der Waals surface area contributed by atoms with Crippen molar-refractivity contribution in [2.24, 2.45) is 10.2 Å². The first-order valence-corrected chi connectivity index (χ1v) is 23.8. The summed E-state index contributed by atoms with van der Waals surface area (Å²) in [6.07, 6.45) is 23.4. The van der Waals surface area contributed by atoms with E-state index in [1.807, 2.05) is 0 Å². The van der Waals surface area contributed by atoms with Gasteiger partial charge in [-0.2, -0.15) is 10.2 Å². The topological polar surface area (TPSA) is 24.7 Å². The summed E-state index contributed by atoms with van der Waals surface area (Å²) < 4.78 is 0. The average molecular weight is 869 g/mol. The van der Waals surface area contributed by atoms with E-state index in [2.05, 4.69) is 246 Å². The summed E-state index contributed by atoms with van der Waals surface area (Å²) in [5.74, 6) is 0. The lowest BCUT2D eigenvalue weighted by atomic mass is 9.93. The number of hydrogen-bond acceptors (Lipinski definition) is 2. The number of hydrogen-bond donors (Lipinski definition) is 0. The van der Waals surface area contributed by atoms with Crippen LogP contribution in [-0.4, -0.2) is 11.4 Å². The van der Waals surface area contributed by atoms with E-state index >= 15 is 0 Å². The number of rotatable bonds is 8. The number of aryl methyl sites for hydroxylation is 6. The molecule has 0 radical (unpaired) electrons. The Kier molecular flexibility index (Phi) is 13.6. The van der Waals surface area contributed by atoms with Crippen molar-refractivity contribution >= 4 is 33.7 Å². The fourth-order valence-corrected chi connectivity index (χ4v) is 9.00. The predicted molar refractivity (Wildman–Crippen MR) is 287 cm³/mol. The Bertz CT molecular complexity index is 2760. The van der Waals surface area contributed by atoms with Gasteiger partial charge in [0, 0.05) is 6.42 Å². The molecule has 0 bridgehead atoms. The van der Waals surface area contributed by atoms with Crippen LogP contribution in [0.4, 0.5) is 0 Å². The van der Waals surface area contributed by atoms with Gasteiger partial charge in [0.1, 0.15) is 0 Å². The van der Waals surface area contributed by atoms with Gasteiger partial charge in [0.05, 0.1) is 11.4 Å². The zero-order chi connectivity index (χ0) is 46.3. The fourth-order valence-electron chi connectivity index (χ4n) is 9.00. The Morgan fingerprint density at radius 1 is 0.209 bits per heavy atom. The third kappa shape index (κ3) is 11.2. The van der Waals surface area contributed by atoms with E-state index in [1.165, 1.54) is 100 Å². The molecular weight excluding hydrogens is 809 g/mol. The number of benzene rings is 6. The zero-order valence-corrected chi connectivity index (χ0v) is 39.9. The molecule has 0 saturated carbocycles. The number of nitrogens with zero attached hydrogens (tertiary/aromatic N) is 2. The van der Waals surface area contributed by atoms with Gasteiger partial charge in [-0.1, -0.05) is 228 Å². The van der Waals surface area contributed by atoms with Crippen LogP contribution in [0.25, 0.3) is 22.3 Å². The van der Waals surface area contributed by atoms with Crippen LogP contribution in [0.2, 0.25) is 0 Å². The van der Waals surface area contributed by atoms with Crippen molar-refractivity contribution in [3.63, 3.8) is 0 Å². The molecule has 1 heterocycles. The quantitative estimate of drug-likeness (QED) is 0.146. The molecule has 67 heavy (non-hydrogen) atoms. The normalized spacial score (nSPS) is 15.9. The van der Waals surface area contributed by atoms with Gasteiger partial charge < -0.3 is 0 Å². The molecule has 0 aromatic heterocycles. The van der Waals surface area contributed by atoms with Crippen LogP contribution in [0.15, 0.2) is 227 Å². The molecule has 0 atom stereocenters. The SMILES string of the molecule is Cc1ccc(C2=CC=C(C3=CC=C(C4=CC=C(c5ccc(C)cc5)C4)C3)C2)cc1.Cc1ccc(C2=CC=C(c3ccc(C)cc3)C2)cc1.Cc1ccc(C2=NN=C(c3ccc(C)cc3)C2)cc1. The minimum Gasteiger partial charge on any atom is -0.154 e. The summed E-state index contributed by atoms with van der Waals surface area (Å²) in [6, 6.07) is 52.3. The van der Waals surface area contributed by atoms with Crippen molar-refractivity contribution in [3.05, 3.63) is 283 Å². The van der Waals surface area contributed by atoms with Crippen molar-refractivity contribution in [3.8, 4) is 0 Å². The summed E-state index contributed by atoms with van der Waals surface area (Å²) >= 11 is 0. The molecule has 0 amide bonds. The van der Waals surface area contributed by atoms with Gasteiger partial charge >= 0.3 is 0 Å². The van der Waals surface area contributed by atoms with Crippen LogP contribution >= 0.6 is 0 Å². The van der Waals surface area contributed by atoms with Gasteiger partial charge in [-0.05, 0) is 145 Å². The van der Waals surface area contributed by atoms with E-state index < -0.39 is 0 Å². The summed E-state index contributed by atoms with van der Waals surface area (Å²) in [7, 11) is 0. The largest absolute Gasteiger partial charge is 0.154 e. The highest BCUT2D eigenvalue weighted by atomic mass is 15.2. The van der Waals surface area contributed by atoms with Crippen molar-refractivity contribution in [2.45, 2.75) is 73.6 Å². The summed E-state index contributed by atoms with van der Waals surface area (Å²) in [5.41, 5.74) is 29.2. The Morgan fingerprint density at radius 3 is 0.627 bits per heavy atom. The molecule has 2 nitrogen and oxygen atoms in total. The molecule has 1 aliphatic heterocycles. The third-order valence-corrected chi connectivity index (χ3v) is 13.4. The van der Waals surface area contributed by atoms with Gasteiger partial charge in [0.2, 0.25) is 0 Å². The highest BCUT2D eigenvalue weighted by Gasteiger charge is 2.22. The molecule has 4 aliphatic carbocycles. The smallest absolute Gasteiger partial charge is 0.0763 e. The van der Waals surface area contributed by atoms with Crippen molar-refractivity contribution in [2.75, 3.05) is 0 Å². The minimum atomic E-state index is 0.812. The molecule has 0 N–H and O–H groups in total. The van der Waals surface area contributed by atoms with E-state index in [0.29, 0.717) is 0 Å². The Hall–Kier alpha value is -7.42. The minimum absolute atomic E-state index is 0.812. The lowest BCUT2D eigenvalue weighted by Crippen LogP contribution is -2.05. The van der Waals surface area contributed by atoms with Gasteiger partial charge in [-0.3, -0.25) is 0 Å². The molecule has 2 heteroatoms. The highest BCUT2D eigenvalue weighted by Crippen LogP contribution is 2.41.